The highest BCUT2D eigenvalue weighted by molar-refractivity contribution is 6.05. The van der Waals surface area contributed by atoms with Crippen molar-refractivity contribution >= 4 is 34.8 Å². The van der Waals surface area contributed by atoms with Crippen molar-refractivity contribution in [1.29, 1.82) is 0 Å². The maximum atomic E-state index is 12.0. The quantitative estimate of drug-likeness (QED) is 0.164. The fourth-order valence-corrected chi connectivity index (χ4v) is 5.35. The molecule has 4 N–H and O–H groups in total. The molecular formula is C34H43N4O3+. The van der Waals surface area contributed by atoms with E-state index in [-0.39, 0.29) is 11.3 Å². The van der Waals surface area contributed by atoms with Crippen LogP contribution in [0.4, 0.5) is 17.1 Å². The number of carbonyl (C=O) groups excluding carboxylic acids is 1. The second-order valence-electron chi connectivity index (χ2n) is 10.8. The molecule has 0 unspecified atom stereocenters. The van der Waals surface area contributed by atoms with Gasteiger partial charge in [-0.3, -0.25) is 4.79 Å². The second-order valence-corrected chi connectivity index (χ2v) is 10.8. The van der Waals surface area contributed by atoms with Gasteiger partial charge in [0.25, 0.3) is 0 Å². The van der Waals surface area contributed by atoms with Crippen molar-refractivity contribution < 1.29 is 18.8 Å². The zero-order valence-electron chi connectivity index (χ0n) is 24.7. The van der Waals surface area contributed by atoms with Crippen molar-refractivity contribution in [2.75, 3.05) is 39.2 Å². The Bertz CT molecular complexity index is 1400. The molecule has 0 bridgehead atoms. The number of anilines is 2. The molecule has 0 atom stereocenters. The molecule has 216 valence electrons. The van der Waals surface area contributed by atoms with Gasteiger partial charge in [0, 0.05) is 60.6 Å². The molecule has 1 heterocycles. The molecule has 0 aliphatic carbocycles. The minimum Gasteiger partial charge on any atom is -0.497 e. The van der Waals surface area contributed by atoms with E-state index in [4.69, 9.17) is 15.2 Å². The molecule has 0 saturated carbocycles. The summed E-state index contributed by atoms with van der Waals surface area (Å²) < 4.78 is 13.5. The Morgan fingerprint density at radius 2 is 1.73 bits per heavy atom. The standard InChI is InChI=1S/C34H42N4O3/c1-34(2)29-24-27(37-26-11-7-5-8-12-26)15-17-30(29)38(22-10-6-9-13-33(39)36-21-20-35)32(34)19-14-25-23-28(40-3)16-18-31(25)41-4/h5,7-8,11-12,14-19,23-24,37H,6,9-10,13,20-22,35H2,1-4H3/p+1/b19-14+. The number of allylic oxidation sites excluding steroid dienone is 1. The average molecular weight is 556 g/mol. The third-order valence-corrected chi connectivity index (χ3v) is 7.56. The first-order valence-corrected chi connectivity index (χ1v) is 14.4. The van der Waals surface area contributed by atoms with Crippen molar-refractivity contribution in [3.05, 3.63) is 83.9 Å². The van der Waals surface area contributed by atoms with Gasteiger partial charge in [0.2, 0.25) is 11.6 Å². The van der Waals surface area contributed by atoms with Gasteiger partial charge in [-0.1, -0.05) is 18.2 Å². The summed E-state index contributed by atoms with van der Waals surface area (Å²) in [5.74, 6) is 1.65. The lowest BCUT2D eigenvalue weighted by atomic mass is 9.81. The van der Waals surface area contributed by atoms with Crippen LogP contribution in [-0.4, -0.2) is 50.0 Å². The van der Waals surface area contributed by atoms with Gasteiger partial charge in [0.1, 0.15) is 18.0 Å². The summed E-state index contributed by atoms with van der Waals surface area (Å²) in [4.78, 5) is 12.0. The predicted octanol–water partition coefficient (Wildman–Crippen LogP) is 6.17. The fourth-order valence-electron chi connectivity index (χ4n) is 5.35. The molecule has 0 aromatic heterocycles. The minimum absolute atomic E-state index is 0.0731. The topological polar surface area (TPSA) is 88.6 Å². The van der Waals surface area contributed by atoms with Crippen LogP contribution >= 0.6 is 0 Å². The maximum Gasteiger partial charge on any atom is 0.220 e. The van der Waals surface area contributed by atoms with E-state index in [1.807, 2.05) is 36.4 Å². The highest BCUT2D eigenvalue weighted by Crippen LogP contribution is 2.42. The van der Waals surface area contributed by atoms with Gasteiger partial charge in [-0.25, -0.2) is 0 Å². The molecule has 3 aromatic rings. The molecule has 7 heteroatoms. The fraction of sp³-hybridized carbons (Fsp3) is 0.353. The lowest BCUT2D eigenvalue weighted by Crippen LogP contribution is -2.28. The molecule has 0 radical (unpaired) electrons. The van der Waals surface area contributed by atoms with Crippen LogP contribution in [0.15, 0.2) is 72.8 Å². The first-order valence-electron chi connectivity index (χ1n) is 14.4. The number of benzene rings is 3. The smallest absolute Gasteiger partial charge is 0.220 e. The van der Waals surface area contributed by atoms with Gasteiger partial charge < -0.3 is 25.8 Å². The Morgan fingerprint density at radius 1 is 0.927 bits per heavy atom. The number of para-hydroxylation sites is 1. The summed E-state index contributed by atoms with van der Waals surface area (Å²) >= 11 is 0. The van der Waals surface area contributed by atoms with Crippen LogP contribution < -0.4 is 25.8 Å². The number of methoxy groups -OCH3 is 2. The summed E-state index contributed by atoms with van der Waals surface area (Å²) in [5.41, 5.74) is 12.1. The van der Waals surface area contributed by atoms with Crippen LogP contribution in [0.3, 0.4) is 0 Å². The molecular weight excluding hydrogens is 512 g/mol. The van der Waals surface area contributed by atoms with Crippen molar-refractivity contribution in [3.63, 3.8) is 0 Å². The number of nitrogens with one attached hydrogen (secondary N) is 2. The molecule has 3 aromatic carbocycles. The molecule has 0 spiro atoms. The monoisotopic (exact) mass is 555 g/mol. The Morgan fingerprint density at radius 3 is 2.46 bits per heavy atom. The lowest BCUT2D eigenvalue weighted by molar-refractivity contribution is -0.438. The third kappa shape index (κ3) is 7.35. The van der Waals surface area contributed by atoms with Crippen LogP contribution in [0.1, 0.15) is 50.7 Å². The zero-order valence-corrected chi connectivity index (χ0v) is 24.7. The van der Waals surface area contributed by atoms with Gasteiger partial charge in [0.05, 0.1) is 19.6 Å². The summed E-state index contributed by atoms with van der Waals surface area (Å²) in [6, 6.07) is 22.7. The average Bonchev–Trinajstić information content (AvgIpc) is 3.19. The zero-order chi connectivity index (χ0) is 29.2. The van der Waals surface area contributed by atoms with Gasteiger partial charge in [-0.15, -0.1) is 0 Å². The first kappa shape index (κ1) is 29.9. The van der Waals surface area contributed by atoms with Crippen molar-refractivity contribution in [2.45, 2.75) is 44.9 Å². The van der Waals surface area contributed by atoms with E-state index in [0.717, 1.165) is 54.2 Å². The van der Waals surface area contributed by atoms with Crippen LogP contribution in [0.25, 0.3) is 6.08 Å². The molecule has 0 saturated heterocycles. The van der Waals surface area contributed by atoms with E-state index in [0.29, 0.717) is 19.5 Å². The summed E-state index contributed by atoms with van der Waals surface area (Å²) in [6.45, 7) is 6.42. The predicted molar refractivity (Wildman–Crippen MR) is 168 cm³/mol. The Kier molecular flexibility index (Phi) is 10.2. The van der Waals surface area contributed by atoms with Crippen LogP contribution in [-0.2, 0) is 10.2 Å². The number of unbranched alkanes of at least 4 members (excludes halogenated alkanes) is 2. The number of hydrogen-bond acceptors (Lipinski definition) is 5. The summed E-state index contributed by atoms with van der Waals surface area (Å²) in [5, 5.41) is 6.40. The first-order chi connectivity index (χ1) is 19.9. The Balaban J connectivity index is 1.61. The Labute approximate surface area is 244 Å². The van der Waals surface area contributed by atoms with E-state index in [1.165, 1.54) is 17.0 Å². The van der Waals surface area contributed by atoms with Gasteiger partial charge in [-0.2, -0.15) is 4.58 Å². The number of carbonyl (C=O) groups is 1. The van der Waals surface area contributed by atoms with Crippen molar-refractivity contribution in [3.8, 4) is 11.5 Å². The van der Waals surface area contributed by atoms with E-state index in [1.54, 1.807) is 14.2 Å². The molecule has 1 aliphatic heterocycles. The summed E-state index contributed by atoms with van der Waals surface area (Å²) in [7, 11) is 3.36. The molecule has 0 fully saturated rings. The number of ether oxygens (including phenoxy) is 2. The number of hydrogen-bond donors (Lipinski definition) is 3. The lowest BCUT2D eigenvalue weighted by Gasteiger charge is -2.17. The minimum atomic E-state index is -0.228. The molecule has 7 nitrogen and oxygen atoms in total. The van der Waals surface area contributed by atoms with E-state index in [9.17, 15) is 4.79 Å². The SMILES string of the molecule is COc1ccc(OC)c(/C=C/C2=[N+](CCCCCC(=O)NCCN)c3ccc(Nc4ccccc4)cc3C2(C)C)c1. The highest BCUT2D eigenvalue weighted by atomic mass is 16.5. The number of nitrogens with zero attached hydrogens (tertiary/aromatic N) is 1. The molecule has 1 amide bonds. The Hall–Kier alpha value is -4.10. The third-order valence-electron chi connectivity index (χ3n) is 7.56. The summed E-state index contributed by atoms with van der Waals surface area (Å²) in [6.07, 6.45) is 7.65. The molecule has 41 heavy (non-hydrogen) atoms. The maximum absolute atomic E-state index is 12.0. The normalized spacial score (nSPS) is 13.8. The number of fused-ring (bicyclic) bond motifs is 1. The van der Waals surface area contributed by atoms with Gasteiger partial charge in [-0.05, 0) is 75.2 Å². The van der Waals surface area contributed by atoms with Crippen LogP contribution in [0.5, 0.6) is 11.5 Å². The van der Waals surface area contributed by atoms with E-state index in [2.05, 4.69) is 71.5 Å². The van der Waals surface area contributed by atoms with Gasteiger partial charge >= 0.3 is 0 Å². The number of nitrogens with two attached hydrogens (primary N) is 1. The largest absolute Gasteiger partial charge is 0.497 e. The second kappa shape index (κ2) is 14.0. The number of rotatable bonds is 14. The van der Waals surface area contributed by atoms with Gasteiger partial charge in [0.15, 0.2) is 5.71 Å². The highest BCUT2D eigenvalue weighted by Gasteiger charge is 2.44. The number of amides is 1. The van der Waals surface area contributed by atoms with Crippen molar-refractivity contribution in [1.82, 2.24) is 5.32 Å². The van der Waals surface area contributed by atoms with Crippen LogP contribution in [0.2, 0.25) is 0 Å². The molecule has 1 aliphatic rings. The van der Waals surface area contributed by atoms with Crippen LogP contribution in [0, 0.1) is 0 Å². The van der Waals surface area contributed by atoms with Crippen molar-refractivity contribution in [2.24, 2.45) is 5.73 Å². The van der Waals surface area contributed by atoms with E-state index >= 15 is 0 Å². The van der Waals surface area contributed by atoms with E-state index < -0.39 is 0 Å². The molecule has 4 rings (SSSR count).